The van der Waals surface area contributed by atoms with Crippen molar-refractivity contribution in [3.63, 3.8) is 0 Å². The highest BCUT2D eigenvalue weighted by Gasteiger charge is 2.33. The van der Waals surface area contributed by atoms with Crippen LogP contribution in [0.5, 0.6) is 0 Å². The Hall–Kier alpha value is -2.53. The van der Waals surface area contributed by atoms with E-state index in [1.165, 1.54) is 5.56 Å². The summed E-state index contributed by atoms with van der Waals surface area (Å²) in [6, 6.07) is 15.4. The van der Waals surface area contributed by atoms with Gasteiger partial charge in [0.15, 0.2) is 0 Å². The van der Waals surface area contributed by atoms with Gasteiger partial charge in [-0.05, 0) is 44.0 Å². The quantitative estimate of drug-likeness (QED) is 0.389. The van der Waals surface area contributed by atoms with Gasteiger partial charge in [0, 0.05) is 11.7 Å². The molecule has 6 heteroatoms. The molecule has 2 aromatic carbocycles. The smallest absolute Gasteiger partial charge is 0.376 e. The second kappa shape index (κ2) is 7.57. The van der Waals surface area contributed by atoms with Crippen LogP contribution in [0.15, 0.2) is 53.6 Å². The molecule has 0 saturated carbocycles. The molecule has 0 aliphatic carbocycles. The highest BCUT2D eigenvalue weighted by molar-refractivity contribution is 6.41. The maximum atomic E-state index is 12.5. The molecule has 130 valence electrons. The van der Waals surface area contributed by atoms with E-state index in [4.69, 9.17) is 16.3 Å². The minimum Gasteiger partial charge on any atom is -0.460 e. The number of ether oxygens (including phenoxy) is 1. The minimum absolute atomic E-state index is 0.105. The molecule has 0 unspecified atom stereocenters. The molecule has 3 rings (SSSR count). The van der Waals surface area contributed by atoms with Crippen molar-refractivity contribution in [3.05, 3.63) is 59.1 Å². The largest absolute Gasteiger partial charge is 0.460 e. The van der Waals surface area contributed by atoms with E-state index in [0.717, 1.165) is 12.1 Å². The first-order valence-corrected chi connectivity index (χ1v) is 8.62. The van der Waals surface area contributed by atoms with E-state index in [0.29, 0.717) is 10.7 Å². The summed E-state index contributed by atoms with van der Waals surface area (Å²) in [4.78, 5) is 14.4. The average Bonchev–Trinajstić information content (AvgIpc) is 2.93. The molecule has 1 N–H and O–H groups in total. The van der Waals surface area contributed by atoms with Gasteiger partial charge >= 0.3 is 5.97 Å². The molecule has 0 saturated heterocycles. The summed E-state index contributed by atoms with van der Waals surface area (Å²) >= 11 is 6.16. The second-order valence-electron chi connectivity index (χ2n) is 5.80. The molecule has 25 heavy (non-hydrogen) atoms. The lowest BCUT2D eigenvalue weighted by atomic mass is 10.1. The summed E-state index contributed by atoms with van der Waals surface area (Å²) in [7, 11) is 0. The Kier molecular flexibility index (Phi) is 5.24. The van der Waals surface area contributed by atoms with Gasteiger partial charge < -0.3 is 9.64 Å². The Labute approximate surface area is 152 Å². The molecule has 1 aliphatic rings. The SMILES string of the molecule is CCOC(=O)/C(=N\Nc1ccccc1Cl)N1c2ccccc2C[C@H]1C. The topological polar surface area (TPSA) is 53.9 Å². The van der Waals surface area contributed by atoms with Crippen LogP contribution in [-0.2, 0) is 16.0 Å². The molecule has 0 radical (unpaired) electrons. The van der Waals surface area contributed by atoms with Crippen molar-refractivity contribution in [2.75, 3.05) is 16.9 Å². The number of carbonyl (C=O) groups excluding carboxylic acids is 1. The molecule has 1 atom stereocenters. The van der Waals surface area contributed by atoms with Crippen LogP contribution in [0.2, 0.25) is 5.02 Å². The van der Waals surface area contributed by atoms with E-state index in [1.54, 1.807) is 19.1 Å². The number of para-hydroxylation sites is 2. The molecular weight excluding hydrogens is 338 g/mol. The predicted molar refractivity (Wildman–Crippen MR) is 101 cm³/mol. The molecule has 5 nitrogen and oxygen atoms in total. The number of esters is 1. The van der Waals surface area contributed by atoms with E-state index < -0.39 is 5.97 Å². The first-order valence-electron chi connectivity index (χ1n) is 8.24. The zero-order valence-electron chi connectivity index (χ0n) is 14.2. The van der Waals surface area contributed by atoms with Gasteiger partial charge in [0.05, 0.1) is 17.3 Å². The van der Waals surface area contributed by atoms with Gasteiger partial charge in [0.25, 0.3) is 0 Å². The van der Waals surface area contributed by atoms with Gasteiger partial charge in [-0.15, -0.1) is 5.10 Å². The third kappa shape index (κ3) is 3.61. The Balaban J connectivity index is 1.97. The number of benzene rings is 2. The maximum Gasteiger partial charge on any atom is 0.376 e. The molecule has 0 spiro atoms. The second-order valence-corrected chi connectivity index (χ2v) is 6.21. The first-order chi connectivity index (χ1) is 12.1. The van der Waals surface area contributed by atoms with Crippen molar-refractivity contribution in [2.45, 2.75) is 26.3 Å². The normalized spacial score (nSPS) is 16.5. The summed E-state index contributed by atoms with van der Waals surface area (Å²) in [6.45, 7) is 4.12. The highest BCUT2D eigenvalue weighted by atomic mass is 35.5. The van der Waals surface area contributed by atoms with Crippen LogP contribution in [-0.4, -0.2) is 24.5 Å². The average molecular weight is 358 g/mol. The third-order valence-corrected chi connectivity index (χ3v) is 4.38. The summed E-state index contributed by atoms with van der Waals surface area (Å²) in [5.74, 6) is -0.246. The van der Waals surface area contributed by atoms with Crippen LogP contribution in [0, 0.1) is 0 Å². The number of fused-ring (bicyclic) bond motifs is 1. The summed E-state index contributed by atoms with van der Waals surface area (Å²) < 4.78 is 5.21. The number of hydrogen-bond donors (Lipinski definition) is 1. The first kappa shape index (κ1) is 17.3. The lowest BCUT2D eigenvalue weighted by Crippen LogP contribution is -2.42. The van der Waals surface area contributed by atoms with Crippen molar-refractivity contribution in [1.82, 2.24) is 0 Å². The number of nitrogens with zero attached hydrogens (tertiary/aromatic N) is 2. The van der Waals surface area contributed by atoms with Gasteiger partial charge in [0.1, 0.15) is 0 Å². The summed E-state index contributed by atoms with van der Waals surface area (Å²) in [5, 5.41) is 4.87. The highest BCUT2D eigenvalue weighted by Crippen LogP contribution is 2.32. The predicted octanol–water partition coefficient (Wildman–Crippen LogP) is 4.08. The number of anilines is 2. The standard InChI is InChI=1S/C19H20ClN3O2/c1-3-25-19(24)18(22-21-16-10-6-5-9-15(16)20)23-13(2)12-14-8-4-7-11-17(14)23/h4-11,13,21H,3,12H2,1-2H3/b22-18+/t13-/m1/s1. The summed E-state index contributed by atoms with van der Waals surface area (Å²) in [5.41, 5.74) is 5.68. The van der Waals surface area contributed by atoms with Gasteiger partial charge in [-0.3, -0.25) is 5.43 Å². The number of hydrogen-bond acceptors (Lipinski definition) is 4. The Morgan fingerprint density at radius 2 is 2.00 bits per heavy atom. The monoisotopic (exact) mass is 357 g/mol. The van der Waals surface area contributed by atoms with Crippen molar-refractivity contribution in [3.8, 4) is 0 Å². The van der Waals surface area contributed by atoms with Crippen LogP contribution < -0.4 is 10.3 Å². The molecule has 0 aromatic heterocycles. The Bertz CT molecular complexity index is 807. The molecule has 1 aliphatic heterocycles. The van der Waals surface area contributed by atoms with Crippen LogP contribution >= 0.6 is 11.6 Å². The van der Waals surface area contributed by atoms with Gasteiger partial charge in [-0.1, -0.05) is 41.9 Å². The zero-order valence-corrected chi connectivity index (χ0v) is 15.0. The number of nitrogens with one attached hydrogen (secondary N) is 1. The zero-order chi connectivity index (χ0) is 17.8. The molecule has 0 fully saturated rings. The third-order valence-electron chi connectivity index (χ3n) is 4.05. The van der Waals surface area contributed by atoms with Crippen molar-refractivity contribution in [2.24, 2.45) is 5.10 Å². The minimum atomic E-state index is -0.467. The van der Waals surface area contributed by atoms with Crippen molar-refractivity contribution >= 4 is 34.8 Å². The fourth-order valence-electron chi connectivity index (χ4n) is 2.95. The van der Waals surface area contributed by atoms with Gasteiger partial charge in [0.2, 0.25) is 5.84 Å². The number of rotatable bonds is 3. The lowest BCUT2D eigenvalue weighted by molar-refractivity contribution is -0.135. The van der Waals surface area contributed by atoms with Crippen LogP contribution in [0.1, 0.15) is 19.4 Å². The van der Waals surface area contributed by atoms with E-state index in [1.807, 2.05) is 35.2 Å². The van der Waals surface area contributed by atoms with E-state index >= 15 is 0 Å². The lowest BCUT2D eigenvalue weighted by Gasteiger charge is -2.25. The van der Waals surface area contributed by atoms with Crippen LogP contribution in [0.4, 0.5) is 11.4 Å². The number of halogens is 1. The maximum absolute atomic E-state index is 12.5. The van der Waals surface area contributed by atoms with Crippen LogP contribution in [0.3, 0.4) is 0 Å². The summed E-state index contributed by atoms with van der Waals surface area (Å²) in [6.07, 6.45) is 0.848. The molecule has 0 bridgehead atoms. The fourth-order valence-corrected chi connectivity index (χ4v) is 3.12. The number of amidine groups is 1. The number of carbonyl (C=O) groups is 1. The van der Waals surface area contributed by atoms with E-state index in [2.05, 4.69) is 23.5 Å². The van der Waals surface area contributed by atoms with Gasteiger partial charge in [-0.25, -0.2) is 4.79 Å². The molecule has 0 amide bonds. The number of hydrazone groups is 1. The van der Waals surface area contributed by atoms with Crippen molar-refractivity contribution in [1.29, 1.82) is 0 Å². The van der Waals surface area contributed by atoms with E-state index in [9.17, 15) is 4.79 Å². The Morgan fingerprint density at radius 3 is 2.76 bits per heavy atom. The Morgan fingerprint density at radius 1 is 1.28 bits per heavy atom. The molecule has 2 aromatic rings. The fraction of sp³-hybridized carbons (Fsp3) is 0.263. The van der Waals surface area contributed by atoms with Crippen molar-refractivity contribution < 1.29 is 9.53 Å². The molecule has 1 heterocycles. The van der Waals surface area contributed by atoms with Crippen LogP contribution in [0.25, 0.3) is 0 Å². The van der Waals surface area contributed by atoms with Gasteiger partial charge in [-0.2, -0.15) is 0 Å². The van der Waals surface area contributed by atoms with E-state index in [-0.39, 0.29) is 18.5 Å². The molecular formula is C19H20ClN3O2.